The van der Waals surface area contributed by atoms with Crippen LogP contribution in [0.5, 0.6) is 0 Å². The topological polar surface area (TPSA) is 0 Å². The molecule has 0 unspecified atom stereocenters. The van der Waals surface area contributed by atoms with E-state index in [0.717, 1.165) is 0 Å². The summed E-state index contributed by atoms with van der Waals surface area (Å²) in [5.74, 6) is 0. The number of hydrogen-bond donors (Lipinski definition) is 0. The Bertz CT molecular complexity index is 177. The van der Waals surface area contributed by atoms with Gasteiger partial charge >= 0.3 is 0 Å². The van der Waals surface area contributed by atoms with Gasteiger partial charge in [-0.05, 0) is 46.1 Å². The van der Waals surface area contributed by atoms with Crippen molar-refractivity contribution in [3.05, 3.63) is 11.6 Å². The zero-order valence-electron chi connectivity index (χ0n) is 9.85. The summed E-state index contributed by atoms with van der Waals surface area (Å²) in [6, 6.07) is 0. The summed E-state index contributed by atoms with van der Waals surface area (Å²) in [6.45, 7) is 12.1. The molecule has 0 amide bonds. The first-order chi connectivity index (χ1) is 6.18. The van der Waals surface area contributed by atoms with Gasteiger partial charge in [-0.1, -0.05) is 5.57 Å². The number of hydrogen-bond acceptors (Lipinski definition) is 0. The minimum atomic E-state index is 0. The fourth-order valence-electron chi connectivity index (χ4n) is 2.19. The molecular weight excluding hydrogens is 238 g/mol. The van der Waals surface area contributed by atoms with E-state index in [2.05, 4.69) is 26.8 Å². The molecule has 0 atom stereocenters. The average Bonchev–Trinajstić information content (AvgIpc) is 2.16. The van der Waals surface area contributed by atoms with Crippen molar-refractivity contribution in [3.63, 3.8) is 0 Å². The Hall–Kier alpha value is 0.180. The lowest BCUT2D eigenvalue weighted by molar-refractivity contribution is -0.925. The lowest BCUT2D eigenvalue weighted by Gasteiger charge is -2.40. The first-order valence-corrected chi connectivity index (χ1v) is 5.67. The quantitative estimate of drug-likeness (QED) is 0.495. The van der Waals surface area contributed by atoms with Crippen molar-refractivity contribution in [3.8, 4) is 0 Å². The van der Waals surface area contributed by atoms with Crippen LogP contribution >= 0.6 is 0 Å². The van der Waals surface area contributed by atoms with Gasteiger partial charge < -0.3 is 21.5 Å². The second-order valence-corrected chi connectivity index (χ2v) is 4.63. The number of piperidine rings is 1. The summed E-state index contributed by atoms with van der Waals surface area (Å²) in [5.41, 5.74) is 1.47. The largest absolute Gasteiger partial charge is 1.00 e. The average molecular weight is 262 g/mol. The maximum absolute atomic E-state index is 2.41. The molecule has 0 radical (unpaired) electrons. The Morgan fingerprint density at radius 1 is 1.14 bits per heavy atom. The number of nitrogens with zero attached hydrogens (tertiary/aromatic N) is 1. The van der Waals surface area contributed by atoms with Crippen LogP contribution < -0.4 is 17.0 Å². The molecule has 0 aromatic heterocycles. The molecule has 0 N–H and O–H groups in total. The van der Waals surface area contributed by atoms with Crippen LogP contribution in [-0.4, -0.2) is 30.7 Å². The van der Waals surface area contributed by atoms with Crippen molar-refractivity contribution < 1.29 is 21.5 Å². The van der Waals surface area contributed by atoms with Crippen LogP contribution in [0.4, 0.5) is 0 Å². The molecule has 0 spiro atoms. The van der Waals surface area contributed by atoms with Crippen LogP contribution in [0.15, 0.2) is 11.6 Å². The molecular formula is C12H24BrN. The minimum absolute atomic E-state index is 0. The standard InChI is InChI=1S/C12H24N.BrH/c1-4-13(11-8-12(2)3)9-6-5-7-10-13;/h8H,4-7,9-11H2,1-3H3;1H/q+1;/p-1. The van der Waals surface area contributed by atoms with Gasteiger partial charge in [-0.25, -0.2) is 0 Å². The second kappa shape index (κ2) is 6.62. The van der Waals surface area contributed by atoms with E-state index in [0.29, 0.717) is 0 Å². The minimum Gasteiger partial charge on any atom is -1.00 e. The first kappa shape index (κ1) is 14.2. The van der Waals surface area contributed by atoms with E-state index in [4.69, 9.17) is 0 Å². The molecule has 2 heteroatoms. The molecule has 1 nitrogen and oxygen atoms in total. The predicted molar refractivity (Wildman–Crippen MR) is 58.7 cm³/mol. The van der Waals surface area contributed by atoms with E-state index in [1.807, 2.05) is 0 Å². The maximum Gasteiger partial charge on any atom is 0.0976 e. The van der Waals surface area contributed by atoms with Crippen LogP contribution in [0.1, 0.15) is 40.0 Å². The van der Waals surface area contributed by atoms with Crippen molar-refractivity contribution in [1.82, 2.24) is 0 Å². The Labute approximate surface area is 99.5 Å². The number of allylic oxidation sites excluding steroid dienone is 1. The molecule has 1 aliphatic rings. The van der Waals surface area contributed by atoms with Gasteiger partial charge in [-0.15, -0.1) is 0 Å². The molecule has 1 rings (SSSR count). The molecule has 1 fully saturated rings. The normalized spacial score (nSPS) is 19.6. The zero-order chi connectivity index (χ0) is 9.73. The van der Waals surface area contributed by atoms with Gasteiger partial charge in [0.25, 0.3) is 0 Å². The summed E-state index contributed by atoms with van der Waals surface area (Å²) in [5, 5.41) is 0. The molecule has 1 saturated heterocycles. The van der Waals surface area contributed by atoms with Crippen molar-refractivity contribution in [2.45, 2.75) is 40.0 Å². The van der Waals surface area contributed by atoms with Crippen molar-refractivity contribution >= 4 is 0 Å². The van der Waals surface area contributed by atoms with E-state index in [1.165, 1.54) is 55.5 Å². The third kappa shape index (κ3) is 4.14. The Kier molecular flexibility index (Phi) is 6.71. The van der Waals surface area contributed by atoms with Gasteiger partial charge in [0.2, 0.25) is 0 Å². The number of rotatable bonds is 3. The van der Waals surface area contributed by atoms with Crippen molar-refractivity contribution in [2.75, 3.05) is 26.2 Å². The maximum atomic E-state index is 2.41. The van der Waals surface area contributed by atoms with E-state index in [-0.39, 0.29) is 17.0 Å². The summed E-state index contributed by atoms with van der Waals surface area (Å²) in [4.78, 5) is 0. The van der Waals surface area contributed by atoms with Crippen LogP contribution in [-0.2, 0) is 0 Å². The monoisotopic (exact) mass is 261 g/mol. The van der Waals surface area contributed by atoms with E-state index < -0.39 is 0 Å². The molecule has 14 heavy (non-hydrogen) atoms. The van der Waals surface area contributed by atoms with E-state index >= 15 is 0 Å². The number of halogens is 1. The lowest BCUT2D eigenvalue weighted by atomic mass is 10.1. The van der Waals surface area contributed by atoms with Gasteiger partial charge in [0.1, 0.15) is 0 Å². The van der Waals surface area contributed by atoms with Gasteiger partial charge in [-0.3, -0.25) is 0 Å². The van der Waals surface area contributed by atoms with Crippen molar-refractivity contribution in [1.29, 1.82) is 0 Å². The molecule has 0 saturated carbocycles. The van der Waals surface area contributed by atoms with E-state index in [9.17, 15) is 0 Å². The van der Waals surface area contributed by atoms with E-state index in [1.54, 1.807) is 0 Å². The first-order valence-electron chi connectivity index (χ1n) is 5.67. The van der Waals surface area contributed by atoms with Crippen molar-refractivity contribution in [2.24, 2.45) is 0 Å². The molecule has 0 aromatic rings. The van der Waals surface area contributed by atoms with Gasteiger partial charge in [0.05, 0.1) is 26.2 Å². The SMILES string of the molecule is CC[N+]1(CC=C(C)C)CCCCC1.[Br-]. The molecule has 0 aromatic carbocycles. The smallest absolute Gasteiger partial charge is 0.0976 e. The highest BCUT2D eigenvalue weighted by molar-refractivity contribution is 4.93. The zero-order valence-corrected chi connectivity index (χ0v) is 11.4. The molecule has 0 bridgehead atoms. The molecule has 84 valence electrons. The Morgan fingerprint density at radius 2 is 1.71 bits per heavy atom. The highest BCUT2D eigenvalue weighted by atomic mass is 79.9. The number of quaternary nitrogens is 1. The number of likely N-dealkylation sites (N-methyl/N-ethyl adjacent to an activating group) is 1. The fourth-order valence-corrected chi connectivity index (χ4v) is 2.19. The second-order valence-electron chi connectivity index (χ2n) is 4.63. The van der Waals surface area contributed by atoms with Gasteiger partial charge in [0, 0.05) is 0 Å². The van der Waals surface area contributed by atoms with Crippen LogP contribution in [0.2, 0.25) is 0 Å². The summed E-state index contributed by atoms with van der Waals surface area (Å²) < 4.78 is 1.34. The molecule has 1 aliphatic heterocycles. The summed E-state index contributed by atoms with van der Waals surface area (Å²) >= 11 is 0. The van der Waals surface area contributed by atoms with Crippen LogP contribution in [0, 0.1) is 0 Å². The van der Waals surface area contributed by atoms with Gasteiger partial charge in [0.15, 0.2) is 0 Å². The Morgan fingerprint density at radius 3 is 2.14 bits per heavy atom. The predicted octanol–water partition coefficient (Wildman–Crippen LogP) is -0.0228. The highest BCUT2D eigenvalue weighted by Crippen LogP contribution is 2.18. The molecule has 1 heterocycles. The van der Waals surface area contributed by atoms with Crippen LogP contribution in [0.25, 0.3) is 0 Å². The molecule has 0 aliphatic carbocycles. The lowest BCUT2D eigenvalue weighted by Crippen LogP contribution is -3.00. The third-order valence-corrected chi connectivity index (χ3v) is 3.32. The third-order valence-electron chi connectivity index (χ3n) is 3.32. The Balaban J connectivity index is 0.00000169. The fraction of sp³-hybridized carbons (Fsp3) is 0.833. The summed E-state index contributed by atoms with van der Waals surface area (Å²) in [7, 11) is 0. The summed E-state index contributed by atoms with van der Waals surface area (Å²) in [6.07, 6.45) is 6.73. The van der Waals surface area contributed by atoms with Gasteiger partial charge in [-0.2, -0.15) is 0 Å². The van der Waals surface area contributed by atoms with Crippen LogP contribution in [0.3, 0.4) is 0 Å². The highest BCUT2D eigenvalue weighted by Gasteiger charge is 2.26. The number of likely N-dealkylation sites (tertiary alicyclic amines) is 1.